The van der Waals surface area contributed by atoms with Crippen LogP contribution in [0.15, 0.2) is 0 Å². The maximum atomic E-state index is 0. The first-order chi connectivity index (χ1) is 0. The average Bonchev–Trinajstić information content (AvgIpc) is 0. The quantitative estimate of drug-likeness (QED) is 0.376. The first-order valence-corrected chi connectivity index (χ1v) is 0. The van der Waals surface area contributed by atoms with E-state index in [1.54, 1.807) is 0 Å². The van der Waals surface area contributed by atoms with E-state index >= 15 is 0 Å². The third kappa shape index (κ3) is 41.4. The van der Waals surface area contributed by atoms with Crippen LogP contribution >= 0.6 is 0 Å². The zero-order valence-corrected chi connectivity index (χ0v) is 14.2. The van der Waals surface area contributed by atoms with Gasteiger partial charge in [-0.05, 0) is 0 Å². The van der Waals surface area contributed by atoms with E-state index in [0.29, 0.717) is 0 Å². The minimum atomic E-state index is 0. The van der Waals surface area contributed by atoms with Gasteiger partial charge in [0.15, 0.2) is 0 Å². The van der Waals surface area contributed by atoms with E-state index in [-0.39, 0.29) is 128 Å². The van der Waals surface area contributed by atoms with Gasteiger partial charge in [0.1, 0.15) is 0 Å². The molecule has 32 valence electrons. The van der Waals surface area contributed by atoms with E-state index in [4.69, 9.17) is 0 Å². The molecule has 0 aromatic heterocycles. The predicted octanol–water partition coefficient (Wildman–Crippen LogP) is -18.0. The summed E-state index contributed by atoms with van der Waals surface area (Å²) in [6, 6.07) is 0. The third-order valence-corrected chi connectivity index (χ3v) is 0. The molecule has 0 radical (unpaired) electrons. The van der Waals surface area contributed by atoms with Gasteiger partial charge in [0.05, 0.1) is 0 Å². The molecule has 0 aromatic carbocycles. The Bertz CT molecular complexity index is 9.65. The fourth-order valence-electron chi connectivity index (χ4n) is 0. The molecule has 0 saturated carbocycles. The molecule has 0 heterocycles. The molecule has 0 spiro atoms. The van der Waals surface area contributed by atoms with Crippen LogP contribution in [0.25, 0.3) is 0 Å². The van der Waals surface area contributed by atoms with Gasteiger partial charge in [-0.15, -0.1) is 0 Å². The Balaban J connectivity index is 0. The Morgan fingerprint density at radius 3 is 0.429 bits per heavy atom. The van der Waals surface area contributed by atoms with Crippen molar-refractivity contribution in [3.63, 3.8) is 0 Å². The Kier molecular flexibility index (Phi) is 543. The van der Waals surface area contributed by atoms with Crippen LogP contribution in [0.4, 0.5) is 0 Å². The Morgan fingerprint density at radius 2 is 0.429 bits per heavy atom. The first-order valence-electron chi connectivity index (χ1n) is 0. The molecular formula is Cl4Na2Zn. The Hall–Kier alpha value is 3.78. The minimum absolute atomic E-state index is 0. The fourth-order valence-corrected chi connectivity index (χ4v) is 0. The normalized spacial score (nSPS) is 0. The third-order valence-electron chi connectivity index (χ3n) is 0. The largest absolute Gasteiger partial charge is 2.00 e. The summed E-state index contributed by atoms with van der Waals surface area (Å²) >= 11 is 0. The van der Waals surface area contributed by atoms with Crippen molar-refractivity contribution in [2.24, 2.45) is 0 Å². The second-order valence-corrected chi connectivity index (χ2v) is 0. The standard InChI is InChI=1S/4ClH.2Na.Zn/h4*1H;;;/q;;;;2*+1;+2/p-4. The topological polar surface area (TPSA) is 0 Å². The van der Waals surface area contributed by atoms with Crippen molar-refractivity contribution >= 4 is 0 Å². The molecule has 0 N–H and O–H groups in total. The van der Waals surface area contributed by atoms with E-state index in [0.717, 1.165) is 0 Å². The van der Waals surface area contributed by atoms with Crippen molar-refractivity contribution in [3.8, 4) is 0 Å². The SMILES string of the molecule is [Cl-].[Cl-].[Cl-].[Cl-].[Na+].[Na+].[Zn+2]. The molecular weight excluding hydrogens is 253 g/mol. The maximum Gasteiger partial charge on any atom is 2.00 e. The summed E-state index contributed by atoms with van der Waals surface area (Å²) in [5.41, 5.74) is 0. The summed E-state index contributed by atoms with van der Waals surface area (Å²) in [5.74, 6) is 0. The van der Waals surface area contributed by atoms with Crippen molar-refractivity contribution in [2.75, 3.05) is 0 Å². The molecule has 0 nitrogen and oxygen atoms in total. The van der Waals surface area contributed by atoms with Gasteiger partial charge in [-0.1, -0.05) is 0 Å². The predicted molar refractivity (Wildman–Crippen MR) is 0 cm³/mol. The van der Waals surface area contributed by atoms with Crippen molar-refractivity contribution in [2.45, 2.75) is 0 Å². The van der Waals surface area contributed by atoms with Gasteiger partial charge >= 0.3 is 78.6 Å². The van der Waals surface area contributed by atoms with Crippen LogP contribution in [-0.4, -0.2) is 0 Å². The van der Waals surface area contributed by atoms with Gasteiger partial charge in [-0.25, -0.2) is 0 Å². The molecule has 0 saturated heterocycles. The van der Waals surface area contributed by atoms with Gasteiger partial charge < -0.3 is 49.6 Å². The van der Waals surface area contributed by atoms with Crippen LogP contribution in [0.1, 0.15) is 0 Å². The second kappa shape index (κ2) is 52.7. The van der Waals surface area contributed by atoms with Crippen molar-refractivity contribution in [1.82, 2.24) is 0 Å². The Morgan fingerprint density at radius 1 is 0.429 bits per heavy atom. The van der Waals surface area contributed by atoms with Gasteiger partial charge in [0.25, 0.3) is 0 Å². The van der Waals surface area contributed by atoms with Crippen LogP contribution in [-0.2, 0) is 19.5 Å². The number of halogens is 4. The van der Waals surface area contributed by atoms with E-state index in [2.05, 4.69) is 0 Å². The summed E-state index contributed by atoms with van der Waals surface area (Å²) in [5, 5.41) is 0. The molecule has 0 aliphatic heterocycles. The molecule has 0 fully saturated rings. The van der Waals surface area contributed by atoms with E-state index < -0.39 is 0 Å². The van der Waals surface area contributed by atoms with Gasteiger partial charge in [0.2, 0.25) is 0 Å². The molecule has 0 amide bonds. The first kappa shape index (κ1) is 72.1. The van der Waals surface area contributed by atoms with Crippen molar-refractivity contribution in [1.29, 1.82) is 0 Å². The van der Waals surface area contributed by atoms with Crippen LogP contribution in [0.5, 0.6) is 0 Å². The summed E-state index contributed by atoms with van der Waals surface area (Å²) in [6.07, 6.45) is 0. The minimum Gasteiger partial charge on any atom is -1.00 e. The van der Waals surface area contributed by atoms with Crippen LogP contribution in [0.3, 0.4) is 0 Å². The summed E-state index contributed by atoms with van der Waals surface area (Å²) in [6.45, 7) is 0. The molecule has 0 aromatic rings. The molecule has 0 rings (SSSR count). The van der Waals surface area contributed by atoms with E-state index in [9.17, 15) is 0 Å². The second-order valence-electron chi connectivity index (χ2n) is 0. The zero-order valence-electron chi connectivity index (χ0n) is 4.22. The molecule has 0 aliphatic rings. The average molecular weight is 253 g/mol. The van der Waals surface area contributed by atoms with Crippen LogP contribution in [0, 0.1) is 0 Å². The molecule has 0 aliphatic carbocycles. The number of rotatable bonds is 0. The summed E-state index contributed by atoms with van der Waals surface area (Å²) < 4.78 is 0. The molecule has 7 heteroatoms. The van der Waals surface area contributed by atoms with Gasteiger partial charge in [0, 0.05) is 0 Å². The van der Waals surface area contributed by atoms with E-state index in [1.807, 2.05) is 0 Å². The Labute approximate surface area is 126 Å². The van der Waals surface area contributed by atoms with Crippen molar-refractivity contribution < 1.29 is 128 Å². The molecule has 0 atom stereocenters. The molecule has 0 unspecified atom stereocenters. The van der Waals surface area contributed by atoms with Gasteiger partial charge in [-0.2, -0.15) is 0 Å². The van der Waals surface area contributed by atoms with Crippen molar-refractivity contribution in [3.05, 3.63) is 0 Å². The number of hydrogen-bond acceptors (Lipinski definition) is 0. The zero-order chi connectivity index (χ0) is 0. The van der Waals surface area contributed by atoms with E-state index in [1.165, 1.54) is 0 Å². The van der Waals surface area contributed by atoms with Gasteiger partial charge in [-0.3, -0.25) is 0 Å². The maximum absolute atomic E-state index is 0. The summed E-state index contributed by atoms with van der Waals surface area (Å²) in [7, 11) is 0. The van der Waals surface area contributed by atoms with Crippen LogP contribution in [0.2, 0.25) is 0 Å². The number of hydrogen-bond donors (Lipinski definition) is 0. The fraction of sp³-hybridized carbons (Fsp3) is 0. The molecule has 0 bridgehead atoms. The summed E-state index contributed by atoms with van der Waals surface area (Å²) in [4.78, 5) is 0. The van der Waals surface area contributed by atoms with Crippen LogP contribution < -0.4 is 109 Å². The smallest absolute Gasteiger partial charge is 1.00 e. The molecule has 7 heavy (non-hydrogen) atoms. The monoisotopic (exact) mass is 250 g/mol.